The molecule has 0 unspecified atom stereocenters. The van der Waals surface area contributed by atoms with Crippen LogP contribution < -0.4 is 10.5 Å². The van der Waals surface area contributed by atoms with Gasteiger partial charge in [-0.3, -0.25) is 14.2 Å². The number of rotatable bonds is 7. The summed E-state index contributed by atoms with van der Waals surface area (Å²) in [5.74, 6) is -0.452. The van der Waals surface area contributed by atoms with E-state index in [2.05, 4.69) is 0 Å². The van der Waals surface area contributed by atoms with E-state index >= 15 is 0 Å². The highest BCUT2D eigenvalue weighted by Crippen LogP contribution is 2.23. The Kier molecular flexibility index (Phi) is 5.85. The third-order valence-electron chi connectivity index (χ3n) is 5.41. The Morgan fingerprint density at radius 3 is 2.41 bits per heavy atom. The van der Waals surface area contributed by atoms with E-state index in [4.69, 9.17) is 9.15 Å². The summed E-state index contributed by atoms with van der Waals surface area (Å²) >= 11 is 0. The van der Waals surface area contributed by atoms with Crippen molar-refractivity contribution in [2.24, 2.45) is 0 Å². The van der Waals surface area contributed by atoms with Gasteiger partial charge in [0, 0.05) is 37.8 Å². The number of piperazine rings is 1. The molecule has 0 atom stereocenters. The monoisotopic (exact) mass is 459 g/mol. The average molecular weight is 459 g/mol. The highest BCUT2D eigenvalue weighted by Gasteiger charge is 2.29. The van der Waals surface area contributed by atoms with Crippen molar-refractivity contribution in [3.63, 3.8) is 0 Å². The van der Waals surface area contributed by atoms with Gasteiger partial charge in [0.25, 0.3) is 0 Å². The van der Waals surface area contributed by atoms with Gasteiger partial charge in [0.2, 0.25) is 16.4 Å². The first-order chi connectivity index (χ1) is 15.3. The van der Waals surface area contributed by atoms with Crippen molar-refractivity contribution < 1.29 is 27.2 Å². The zero-order valence-corrected chi connectivity index (χ0v) is 18.1. The first-order valence-corrected chi connectivity index (χ1v) is 11.3. The summed E-state index contributed by atoms with van der Waals surface area (Å²) < 4.78 is 38.7. The van der Waals surface area contributed by atoms with Crippen LogP contribution in [-0.2, 0) is 21.4 Å². The molecule has 0 radical (unpaired) electrons. The first-order valence-electron chi connectivity index (χ1n) is 9.83. The summed E-state index contributed by atoms with van der Waals surface area (Å²) in [6.45, 7) is 0.729. The van der Waals surface area contributed by atoms with Gasteiger partial charge in [-0.25, -0.2) is 13.2 Å². The predicted molar refractivity (Wildman–Crippen MR) is 114 cm³/mol. The maximum absolute atomic E-state index is 13.0. The molecular formula is C21H21N3O7S. The largest absolute Gasteiger partial charge is 0.497 e. The topological polar surface area (TPSA) is 119 Å². The predicted octanol–water partition coefficient (Wildman–Crippen LogP) is 0.949. The minimum atomic E-state index is -3.82. The summed E-state index contributed by atoms with van der Waals surface area (Å²) in [6, 6.07) is 10.6. The number of oxazole rings is 1. The van der Waals surface area contributed by atoms with Crippen LogP contribution in [0.5, 0.6) is 5.75 Å². The molecule has 0 spiro atoms. The van der Waals surface area contributed by atoms with Crippen LogP contribution in [0.15, 0.2) is 56.6 Å². The molecule has 0 aliphatic carbocycles. The van der Waals surface area contributed by atoms with Gasteiger partial charge in [-0.05, 0) is 36.4 Å². The normalized spacial score (nSPS) is 15.1. The molecule has 4 rings (SSSR count). The molecule has 0 bridgehead atoms. The highest BCUT2D eigenvalue weighted by molar-refractivity contribution is 7.89. The molecule has 10 nitrogen and oxygen atoms in total. The van der Waals surface area contributed by atoms with E-state index in [1.165, 1.54) is 39.1 Å². The van der Waals surface area contributed by atoms with Gasteiger partial charge in [0.05, 0.1) is 24.1 Å². The van der Waals surface area contributed by atoms with Crippen LogP contribution in [0.2, 0.25) is 0 Å². The Morgan fingerprint density at radius 2 is 1.78 bits per heavy atom. The molecule has 1 aromatic heterocycles. The Labute approximate surface area is 183 Å². The van der Waals surface area contributed by atoms with Crippen LogP contribution in [-0.4, -0.2) is 67.7 Å². The third kappa shape index (κ3) is 4.04. The molecule has 11 heteroatoms. The van der Waals surface area contributed by atoms with Gasteiger partial charge in [0.15, 0.2) is 11.4 Å². The fraction of sp³-hybridized carbons (Fsp3) is 0.286. The minimum Gasteiger partial charge on any atom is -0.497 e. The van der Waals surface area contributed by atoms with Gasteiger partial charge in [-0.1, -0.05) is 0 Å². The summed E-state index contributed by atoms with van der Waals surface area (Å²) in [6.07, 6.45) is 0.695. The second kappa shape index (κ2) is 8.60. The summed E-state index contributed by atoms with van der Waals surface area (Å²) in [5, 5.41) is 0. The molecule has 3 aromatic rings. The Hall–Kier alpha value is -3.44. The zero-order chi connectivity index (χ0) is 22.9. The lowest BCUT2D eigenvalue weighted by Gasteiger charge is -2.31. The van der Waals surface area contributed by atoms with Crippen molar-refractivity contribution in [3.8, 4) is 5.75 Å². The van der Waals surface area contributed by atoms with E-state index in [1.807, 2.05) is 0 Å². The number of carbonyl (C=O) groups excluding carboxylic acids is 2. The van der Waals surface area contributed by atoms with Crippen LogP contribution in [0.25, 0.3) is 11.1 Å². The number of hydrogen-bond donors (Lipinski definition) is 0. The van der Waals surface area contributed by atoms with E-state index in [0.29, 0.717) is 36.3 Å². The van der Waals surface area contributed by atoms with Crippen LogP contribution in [0, 0.1) is 0 Å². The first kappa shape index (κ1) is 21.8. The van der Waals surface area contributed by atoms with Crippen molar-refractivity contribution in [3.05, 3.63) is 58.6 Å². The second-order valence-corrected chi connectivity index (χ2v) is 9.22. The van der Waals surface area contributed by atoms with Crippen molar-refractivity contribution in [1.82, 2.24) is 13.8 Å². The lowest BCUT2D eigenvalue weighted by atomic mass is 10.1. The fourth-order valence-electron chi connectivity index (χ4n) is 3.57. The van der Waals surface area contributed by atoms with Crippen LogP contribution in [0.3, 0.4) is 0 Å². The van der Waals surface area contributed by atoms with E-state index in [-0.39, 0.29) is 35.9 Å². The molecule has 1 fully saturated rings. The summed E-state index contributed by atoms with van der Waals surface area (Å²) in [4.78, 5) is 37.3. The number of methoxy groups -OCH3 is 1. The molecular weight excluding hydrogens is 438 g/mol. The molecule has 1 aliphatic heterocycles. The lowest BCUT2D eigenvalue weighted by Crippen LogP contribution is -2.47. The number of nitrogens with zero attached hydrogens (tertiary/aromatic N) is 3. The van der Waals surface area contributed by atoms with Gasteiger partial charge in [0.1, 0.15) is 5.75 Å². The molecule has 1 aliphatic rings. The van der Waals surface area contributed by atoms with E-state index < -0.39 is 15.8 Å². The fourth-order valence-corrected chi connectivity index (χ4v) is 5.01. The summed E-state index contributed by atoms with van der Waals surface area (Å²) in [5.41, 5.74) is 0.799. The smallest absolute Gasteiger partial charge is 0.420 e. The SMILES string of the molecule is COc1ccc(C(=O)Cn2c(=O)oc3cc(S(=O)(=O)N4CCN(C=O)CC4)ccc32)cc1. The maximum atomic E-state index is 13.0. The van der Waals surface area contributed by atoms with E-state index in [9.17, 15) is 22.8 Å². The van der Waals surface area contributed by atoms with Gasteiger partial charge < -0.3 is 14.1 Å². The molecule has 32 heavy (non-hydrogen) atoms. The van der Waals surface area contributed by atoms with Gasteiger partial charge in [-0.2, -0.15) is 4.31 Å². The second-order valence-electron chi connectivity index (χ2n) is 7.28. The molecule has 2 heterocycles. The van der Waals surface area contributed by atoms with E-state index in [0.717, 1.165) is 0 Å². The number of benzene rings is 2. The Bertz CT molecular complexity index is 1320. The van der Waals surface area contributed by atoms with Crippen LogP contribution in [0.1, 0.15) is 10.4 Å². The number of aromatic nitrogens is 1. The van der Waals surface area contributed by atoms with Crippen molar-refractivity contribution in [2.75, 3.05) is 33.3 Å². The van der Waals surface area contributed by atoms with E-state index in [1.54, 1.807) is 24.3 Å². The number of amides is 1. The van der Waals surface area contributed by atoms with Gasteiger partial charge in [-0.15, -0.1) is 0 Å². The number of fused-ring (bicyclic) bond motifs is 1. The molecule has 0 N–H and O–H groups in total. The van der Waals surface area contributed by atoms with Crippen molar-refractivity contribution in [2.45, 2.75) is 11.4 Å². The number of sulfonamides is 1. The lowest BCUT2D eigenvalue weighted by molar-refractivity contribution is -0.119. The van der Waals surface area contributed by atoms with Gasteiger partial charge >= 0.3 is 5.76 Å². The number of carbonyl (C=O) groups is 2. The quantitative estimate of drug-likeness (QED) is 0.381. The molecule has 2 aromatic carbocycles. The maximum Gasteiger partial charge on any atom is 0.420 e. The number of Topliss-reactive ketones (excluding diaryl/α,β-unsaturated/α-hetero) is 1. The highest BCUT2D eigenvalue weighted by atomic mass is 32.2. The molecule has 1 saturated heterocycles. The molecule has 168 valence electrons. The van der Waals surface area contributed by atoms with Crippen LogP contribution in [0.4, 0.5) is 0 Å². The zero-order valence-electron chi connectivity index (χ0n) is 17.3. The Morgan fingerprint density at radius 1 is 1.09 bits per heavy atom. The molecule has 0 saturated carbocycles. The number of hydrogen-bond acceptors (Lipinski definition) is 7. The standard InChI is InChI=1S/C21H21N3O7S/c1-30-16-4-2-15(3-5-16)19(26)13-24-18-7-6-17(12-20(18)31-21(24)27)32(28,29)23-10-8-22(14-25)9-11-23/h2-7,12,14H,8-11,13H2,1H3. The molecule has 1 amide bonds. The Balaban J connectivity index is 1.59. The third-order valence-corrected chi connectivity index (χ3v) is 7.31. The van der Waals surface area contributed by atoms with Crippen molar-refractivity contribution >= 4 is 33.3 Å². The number of ketones is 1. The minimum absolute atomic E-state index is 0.0214. The number of ether oxygens (including phenoxy) is 1. The van der Waals surface area contributed by atoms with Crippen LogP contribution >= 0.6 is 0 Å². The summed E-state index contributed by atoms with van der Waals surface area (Å²) in [7, 11) is -2.30. The average Bonchev–Trinajstić information content (AvgIpc) is 3.13. The van der Waals surface area contributed by atoms with Crippen molar-refractivity contribution in [1.29, 1.82) is 0 Å².